The molecule has 0 fully saturated rings. The van der Waals surface area contributed by atoms with Gasteiger partial charge < -0.3 is 20.7 Å². The van der Waals surface area contributed by atoms with Gasteiger partial charge in [0.15, 0.2) is 0 Å². The van der Waals surface area contributed by atoms with E-state index in [-0.39, 0.29) is 23.3 Å². The molecule has 0 radical (unpaired) electrons. The maximum absolute atomic E-state index is 11.3. The molecular formula is C14H21NO4. The number of hydrogen-bond acceptors (Lipinski definition) is 5. The normalized spacial score (nSPS) is 15.6. The van der Waals surface area contributed by atoms with E-state index in [1.54, 1.807) is 6.07 Å². The van der Waals surface area contributed by atoms with Gasteiger partial charge in [0.25, 0.3) is 0 Å². The lowest BCUT2D eigenvalue weighted by molar-refractivity contribution is -0.142. The van der Waals surface area contributed by atoms with Crippen LogP contribution in [0.2, 0.25) is 0 Å². The summed E-state index contributed by atoms with van der Waals surface area (Å²) in [7, 11) is 1.31. The fourth-order valence-corrected chi connectivity index (χ4v) is 2.08. The Hall–Kier alpha value is -1.75. The van der Waals surface area contributed by atoms with E-state index in [9.17, 15) is 15.0 Å². The molecule has 3 unspecified atom stereocenters. The molecule has 0 aromatic heterocycles. The van der Waals surface area contributed by atoms with Crippen molar-refractivity contribution in [1.29, 1.82) is 0 Å². The Balaban J connectivity index is 2.76. The van der Waals surface area contributed by atoms with Gasteiger partial charge in [0.1, 0.15) is 17.5 Å². The number of carbonyl (C=O) groups is 1. The molecule has 1 aromatic carbocycles. The number of esters is 1. The third-order valence-electron chi connectivity index (χ3n) is 3.49. The fourth-order valence-electron chi connectivity index (χ4n) is 2.08. The molecule has 0 bridgehead atoms. The standard InChI is InChI=1S/C14H21NO4/c1-8(6-12(15)14(18)19-3)9(2)11-5-4-10(16)7-13(11)17/h4-5,7-9,12,16-17H,6,15H2,1-3H3. The summed E-state index contributed by atoms with van der Waals surface area (Å²) < 4.78 is 4.59. The van der Waals surface area contributed by atoms with Crippen LogP contribution in [0.1, 0.15) is 31.7 Å². The van der Waals surface area contributed by atoms with Gasteiger partial charge in [-0.3, -0.25) is 4.79 Å². The van der Waals surface area contributed by atoms with Gasteiger partial charge in [-0.1, -0.05) is 19.9 Å². The van der Waals surface area contributed by atoms with Crippen molar-refractivity contribution in [3.8, 4) is 11.5 Å². The number of nitrogens with two attached hydrogens (primary N) is 1. The Morgan fingerprint density at radius 2 is 2.00 bits per heavy atom. The van der Waals surface area contributed by atoms with Gasteiger partial charge >= 0.3 is 5.97 Å². The molecule has 106 valence electrons. The van der Waals surface area contributed by atoms with Crippen LogP contribution < -0.4 is 5.73 Å². The topological polar surface area (TPSA) is 92.8 Å². The van der Waals surface area contributed by atoms with Crippen molar-refractivity contribution in [1.82, 2.24) is 0 Å². The SMILES string of the molecule is COC(=O)C(N)CC(C)C(C)c1ccc(O)cc1O. The average Bonchev–Trinajstić information content (AvgIpc) is 2.36. The molecule has 0 heterocycles. The average molecular weight is 267 g/mol. The van der Waals surface area contributed by atoms with Crippen LogP contribution in [0, 0.1) is 5.92 Å². The van der Waals surface area contributed by atoms with E-state index in [4.69, 9.17) is 5.73 Å². The van der Waals surface area contributed by atoms with E-state index in [2.05, 4.69) is 4.74 Å². The van der Waals surface area contributed by atoms with Crippen LogP contribution in [0.3, 0.4) is 0 Å². The number of benzene rings is 1. The summed E-state index contributed by atoms with van der Waals surface area (Å²) in [5.74, 6) is -0.270. The Labute approximate surface area is 113 Å². The number of phenols is 2. The molecule has 4 N–H and O–H groups in total. The van der Waals surface area contributed by atoms with Crippen LogP contribution in [0.15, 0.2) is 18.2 Å². The Morgan fingerprint density at radius 3 is 2.53 bits per heavy atom. The first kappa shape index (κ1) is 15.3. The van der Waals surface area contributed by atoms with Crippen molar-refractivity contribution in [3.05, 3.63) is 23.8 Å². The second-order valence-electron chi connectivity index (χ2n) is 4.87. The Morgan fingerprint density at radius 1 is 1.37 bits per heavy atom. The highest BCUT2D eigenvalue weighted by Crippen LogP contribution is 2.34. The highest BCUT2D eigenvalue weighted by molar-refractivity contribution is 5.75. The summed E-state index contributed by atoms with van der Waals surface area (Å²) in [5.41, 5.74) is 6.45. The van der Waals surface area contributed by atoms with Crippen molar-refractivity contribution >= 4 is 5.97 Å². The summed E-state index contributed by atoms with van der Waals surface area (Å²) >= 11 is 0. The summed E-state index contributed by atoms with van der Waals surface area (Å²) in [6, 6.07) is 3.84. The molecule has 19 heavy (non-hydrogen) atoms. The lowest BCUT2D eigenvalue weighted by atomic mass is 9.84. The highest BCUT2D eigenvalue weighted by atomic mass is 16.5. The largest absolute Gasteiger partial charge is 0.508 e. The van der Waals surface area contributed by atoms with Gasteiger partial charge in [-0.05, 0) is 29.9 Å². The van der Waals surface area contributed by atoms with Crippen molar-refractivity contribution < 1.29 is 19.7 Å². The van der Waals surface area contributed by atoms with Crippen LogP contribution in [-0.2, 0) is 9.53 Å². The maximum atomic E-state index is 11.3. The Bertz CT molecular complexity index is 447. The predicted octanol–water partition coefficient (Wildman–Crippen LogP) is 1.73. The van der Waals surface area contributed by atoms with E-state index in [1.807, 2.05) is 13.8 Å². The first-order valence-electron chi connectivity index (χ1n) is 6.22. The quantitative estimate of drug-likeness (QED) is 0.706. The predicted molar refractivity (Wildman–Crippen MR) is 72.0 cm³/mol. The van der Waals surface area contributed by atoms with Crippen molar-refractivity contribution in [2.75, 3.05) is 7.11 Å². The van der Waals surface area contributed by atoms with Gasteiger partial charge in [0.2, 0.25) is 0 Å². The van der Waals surface area contributed by atoms with Crippen LogP contribution >= 0.6 is 0 Å². The zero-order valence-electron chi connectivity index (χ0n) is 11.5. The monoisotopic (exact) mass is 267 g/mol. The van der Waals surface area contributed by atoms with Gasteiger partial charge in [-0.25, -0.2) is 0 Å². The molecule has 1 aromatic rings. The molecule has 0 aliphatic carbocycles. The first-order valence-corrected chi connectivity index (χ1v) is 6.22. The zero-order valence-corrected chi connectivity index (χ0v) is 11.5. The van der Waals surface area contributed by atoms with Gasteiger partial charge in [-0.2, -0.15) is 0 Å². The molecular weight excluding hydrogens is 246 g/mol. The van der Waals surface area contributed by atoms with E-state index in [0.29, 0.717) is 6.42 Å². The molecule has 1 rings (SSSR count). The van der Waals surface area contributed by atoms with Gasteiger partial charge in [0, 0.05) is 6.07 Å². The molecule has 0 saturated heterocycles. The van der Waals surface area contributed by atoms with Gasteiger partial charge in [0.05, 0.1) is 7.11 Å². The van der Waals surface area contributed by atoms with Crippen molar-refractivity contribution in [2.24, 2.45) is 11.7 Å². The molecule has 0 spiro atoms. The minimum Gasteiger partial charge on any atom is -0.508 e. The molecule has 5 nitrogen and oxygen atoms in total. The lowest BCUT2D eigenvalue weighted by Crippen LogP contribution is -2.34. The second-order valence-corrected chi connectivity index (χ2v) is 4.87. The minimum absolute atomic E-state index is 0.0105. The number of aromatic hydroxyl groups is 2. The Kier molecular flexibility index (Phi) is 5.18. The molecule has 0 amide bonds. The highest BCUT2D eigenvalue weighted by Gasteiger charge is 2.23. The third-order valence-corrected chi connectivity index (χ3v) is 3.49. The van der Waals surface area contributed by atoms with E-state index in [1.165, 1.54) is 19.2 Å². The molecule has 3 atom stereocenters. The minimum atomic E-state index is -0.665. The number of hydrogen-bond donors (Lipinski definition) is 3. The molecule has 0 saturated carbocycles. The molecule has 5 heteroatoms. The lowest BCUT2D eigenvalue weighted by Gasteiger charge is -2.23. The van der Waals surface area contributed by atoms with Gasteiger partial charge in [-0.15, -0.1) is 0 Å². The number of carbonyl (C=O) groups excluding carboxylic acids is 1. The molecule has 0 aliphatic heterocycles. The number of rotatable bonds is 5. The third kappa shape index (κ3) is 3.86. The first-order chi connectivity index (χ1) is 8.86. The van der Waals surface area contributed by atoms with E-state index < -0.39 is 12.0 Å². The molecule has 0 aliphatic rings. The number of methoxy groups -OCH3 is 1. The van der Waals surface area contributed by atoms with Crippen LogP contribution in [0.25, 0.3) is 0 Å². The summed E-state index contributed by atoms with van der Waals surface area (Å²) in [6.07, 6.45) is 0.466. The maximum Gasteiger partial charge on any atom is 0.322 e. The van der Waals surface area contributed by atoms with E-state index >= 15 is 0 Å². The summed E-state index contributed by atoms with van der Waals surface area (Å²) in [6.45, 7) is 3.90. The number of ether oxygens (including phenoxy) is 1. The number of phenolic OH excluding ortho intramolecular Hbond substituents is 2. The van der Waals surface area contributed by atoms with Crippen LogP contribution in [0.4, 0.5) is 0 Å². The van der Waals surface area contributed by atoms with Crippen molar-refractivity contribution in [3.63, 3.8) is 0 Å². The smallest absolute Gasteiger partial charge is 0.322 e. The van der Waals surface area contributed by atoms with Crippen molar-refractivity contribution in [2.45, 2.75) is 32.2 Å². The summed E-state index contributed by atoms with van der Waals surface area (Å²) in [4.78, 5) is 11.3. The van der Waals surface area contributed by atoms with Crippen LogP contribution in [0.5, 0.6) is 11.5 Å². The zero-order chi connectivity index (χ0) is 14.6. The van der Waals surface area contributed by atoms with Crippen LogP contribution in [-0.4, -0.2) is 29.3 Å². The van der Waals surface area contributed by atoms with E-state index in [0.717, 1.165) is 5.56 Å². The second kappa shape index (κ2) is 6.43. The summed E-state index contributed by atoms with van der Waals surface area (Å²) in [5, 5.41) is 19.1. The fraction of sp³-hybridized carbons (Fsp3) is 0.500.